The van der Waals surface area contributed by atoms with Gasteiger partial charge in [0.15, 0.2) is 0 Å². The van der Waals surface area contributed by atoms with Gasteiger partial charge in [-0.05, 0) is 26.8 Å². The lowest BCUT2D eigenvalue weighted by molar-refractivity contribution is -0.152. The lowest BCUT2D eigenvalue weighted by Crippen LogP contribution is -2.47. The summed E-state index contributed by atoms with van der Waals surface area (Å²) in [6.45, 7) is 7.87. The van der Waals surface area contributed by atoms with Crippen molar-refractivity contribution in [2.75, 3.05) is 20.2 Å². The number of nitrogens with zero attached hydrogens (tertiary/aromatic N) is 1. The summed E-state index contributed by atoms with van der Waals surface area (Å²) in [6.07, 6.45) is 0.593. The summed E-state index contributed by atoms with van der Waals surface area (Å²) in [7, 11) is 1.32. The average molecular weight is 244 g/mol. The summed E-state index contributed by atoms with van der Waals surface area (Å²) in [5.41, 5.74) is 4.95. The molecular weight excluding hydrogens is 220 g/mol. The van der Waals surface area contributed by atoms with E-state index >= 15 is 0 Å². The first-order valence-electron chi connectivity index (χ1n) is 5.84. The number of carbonyl (C=O) groups excluding carboxylic acids is 2. The first-order valence-corrected chi connectivity index (χ1v) is 5.84. The molecule has 0 radical (unpaired) electrons. The molecule has 0 spiro atoms. The fourth-order valence-electron chi connectivity index (χ4n) is 1.55. The molecule has 5 nitrogen and oxygen atoms in total. The van der Waals surface area contributed by atoms with E-state index in [-0.39, 0.29) is 18.5 Å². The molecule has 0 heterocycles. The van der Waals surface area contributed by atoms with Crippen LogP contribution in [0.1, 0.15) is 34.1 Å². The van der Waals surface area contributed by atoms with E-state index in [2.05, 4.69) is 4.74 Å². The van der Waals surface area contributed by atoms with E-state index in [9.17, 15) is 9.59 Å². The van der Waals surface area contributed by atoms with Gasteiger partial charge >= 0.3 is 5.97 Å². The van der Waals surface area contributed by atoms with Crippen molar-refractivity contribution in [3.63, 3.8) is 0 Å². The fraction of sp³-hybridized carbons (Fsp3) is 0.833. The number of esters is 1. The van der Waals surface area contributed by atoms with Crippen molar-refractivity contribution in [1.29, 1.82) is 0 Å². The molecule has 0 aromatic heterocycles. The Morgan fingerprint density at radius 3 is 2.24 bits per heavy atom. The number of methoxy groups -OCH3 is 1. The highest BCUT2D eigenvalue weighted by Crippen LogP contribution is 2.23. The van der Waals surface area contributed by atoms with E-state index in [0.29, 0.717) is 13.0 Å². The van der Waals surface area contributed by atoms with Gasteiger partial charge in [0, 0.05) is 11.5 Å². The van der Waals surface area contributed by atoms with Gasteiger partial charge in [0.1, 0.15) is 6.54 Å². The first-order chi connectivity index (χ1) is 7.76. The van der Waals surface area contributed by atoms with Crippen molar-refractivity contribution < 1.29 is 14.3 Å². The molecule has 0 saturated carbocycles. The van der Waals surface area contributed by atoms with Gasteiger partial charge in [-0.3, -0.25) is 9.59 Å². The van der Waals surface area contributed by atoms with E-state index in [4.69, 9.17) is 5.73 Å². The van der Waals surface area contributed by atoms with Gasteiger partial charge in [0.25, 0.3) is 0 Å². The zero-order valence-corrected chi connectivity index (χ0v) is 11.4. The maximum absolute atomic E-state index is 12.3. The van der Waals surface area contributed by atoms with Crippen LogP contribution in [0.3, 0.4) is 0 Å². The molecule has 5 heteroatoms. The second-order valence-electron chi connectivity index (χ2n) is 5.03. The largest absolute Gasteiger partial charge is 0.468 e. The Bertz CT molecular complexity index is 275. The monoisotopic (exact) mass is 244 g/mol. The van der Waals surface area contributed by atoms with Crippen molar-refractivity contribution in [1.82, 2.24) is 4.90 Å². The highest BCUT2D eigenvalue weighted by molar-refractivity contribution is 5.86. The molecule has 17 heavy (non-hydrogen) atoms. The fourth-order valence-corrected chi connectivity index (χ4v) is 1.55. The number of ether oxygens (including phenoxy) is 1. The lowest BCUT2D eigenvalue weighted by Gasteiger charge is -2.33. The number of carbonyl (C=O) groups is 2. The van der Waals surface area contributed by atoms with Crippen LogP contribution in [0, 0.1) is 5.41 Å². The minimum atomic E-state index is -0.549. The van der Waals surface area contributed by atoms with Crippen LogP contribution in [0.5, 0.6) is 0 Å². The molecule has 0 unspecified atom stereocenters. The third-order valence-electron chi connectivity index (χ3n) is 2.76. The second-order valence-corrected chi connectivity index (χ2v) is 5.03. The zero-order valence-electron chi connectivity index (χ0n) is 11.4. The minimum absolute atomic E-state index is 0.0129. The third-order valence-corrected chi connectivity index (χ3v) is 2.76. The van der Waals surface area contributed by atoms with Crippen LogP contribution in [0.2, 0.25) is 0 Å². The third kappa shape index (κ3) is 4.73. The molecule has 0 aromatic carbocycles. The Morgan fingerprint density at radius 2 is 1.88 bits per heavy atom. The summed E-state index contributed by atoms with van der Waals surface area (Å²) in [5, 5.41) is 0. The van der Waals surface area contributed by atoms with Crippen LogP contribution in [0.4, 0.5) is 0 Å². The quantitative estimate of drug-likeness (QED) is 0.700. The molecule has 0 bridgehead atoms. The lowest BCUT2D eigenvalue weighted by atomic mass is 9.87. The van der Waals surface area contributed by atoms with Crippen LogP contribution in [-0.4, -0.2) is 43.0 Å². The van der Waals surface area contributed by atoms with Crippen molar-refractivity contribution in [2.45, 2.75) is 40.2 Å². The number of hydrogen-bond donors (Lipinski definition) is 1. The van der Waals surface area contributed by atoms with Crippen molar-refractivity contribution >= 4 is 11.9 Å². The summed E-state index contributed by atoms with van der Waals surface area (Å²) in [6, 6.07) is -0.0429. The van der Waals surface area contributed by atoms with Crippen molar-refractivity contribution in [3.05, 3.63) is 0 Å². The van der Waals surface area contributed by atoms with Crippen LogP contribution < -0.4 is 5.73 Å². The molecule has 0 aliphatic rings. The minimum Gasteiger partial charge on any atom is -0.468 e. The molecule has 0 fully saturated rings. The molecule has 0 saturated heterocycles. The Balaban J connectivity index is 4.82. The summed E-state index contributed by atoms with van der Waals surface area (Å²) in [4.78, 5) is 25.1. The topological polar surface area (TPSA) is 72.6 Å². The molecule has 0 atom stereocenters. The zero-order chi connectivity index (χ0) is 13.6. The van der Waals surface area contributed by atoms with Crippen LogP contribution in [0.15, 0.2) is 0 Å². The van der Waals surface area contributed by atoms with Crippen LogP contribution in [-0.2, 0) is 14.3 Å². The van der Waals surface area contributed by atoms with E-state index < -0.39 is 11.4 Å². The molecular formula is C12H24N2O3. The highest BCUT2D eigenvalue weighted by Gasteiger charge is 2.33. The smallest absolute Gasteiger partial charge is 0.325 e. The van der Waals surface area contributed by atoms with Gasteiger partial charge < -0.3 is 15.4 Å². The van der Waals surface area contributed by atoms with E-state index in [1.54, 1.807) is 0 Å². The first kappa shape index (κ1) is 15.9. The molecule has 0 aromatic rings. The van der Waals surface area contributed by atoms with E-state index in [0.717, 1.165) is 0 Å². The standard InChI is InChI=1S/C12H24N2O3/c1-9(2)14(8-10(15)17-5)11(16)12(3,4)6-7-13/h9H,6-8,13H2,1-5H3. The Hall–Kier alpha value is -1.10. The highest BCUT2D eigenvalue weighted by atomic mass is 16.5. The molecule has 0 rings (SSSR count). The average Bonchev–Trinajstić information content (AvgIpc) is 2.23. The molecule has 0 aliphatic heterocycles. The maximum atomic E-state index is 12.3. The van der Waals surface area contributed by atoms with Crippen LogP contribution in [0.25, 0.3) is 0 Å². The van der Waals surface area contributed by atoms with Crippen LogP contribution >= 0.6 is 0 Å². The number of nitrogens with two attached hydrogens (primary N) is 1. The molecule has 1 amide bonds. The Morgan fingerprint density at radius 1 is 1.35 bits per heavy atom. The predicted molar refractivity (Wildman–Crippen MR) is 66.3 cm³/mol. The maximum Gasteiger partial charge on any atom is 0.325 e. The molecule has 2 N–H and O–H groups in total. The van der Waals surface area contributed by atoms with Gasteiger partial charge in [0.2, 0.25) is 5.91 Å². The number of rotatable bonds is 6. The molecule has 0 aliphatic carbocycles. The SMILES string of the molecule is COC(=O)CN(C(=O)C(C)(C)CCN)C(C)C. The Kier molecular flexibility index (Phi) is 6.16. The van der Waals surface area contributed by atoms with Gasteiger partial charge in [-0.1, -0.05) is 13.8 Å². The summed E-state index contributed by atoms with van der Waals surface area (Å²) in [5.74, 6) is -0.473. The number of amides is 1. The van der Waals surface area contributed by atoms with Crippen molar-refractivity contribution in [3.8, 4) is 0 Å². The van der Waals surface area contributed by atoms with Gasteiger partial charge in [0.05, 0.1) is 7.11 Å². The van der Waals surface area contributed by atoms with Gasteiger partial charge in [-0.25, -0.2) is 0 Å². The predicted octanol–water partition coefficient (Wildman–Crippen LogP) is 0.771. The van der Waals surface area contributed by atoms with Gasteiger partial charge in [-0.15, -0.1) is 0 Å². The Labute approximate surface area is 103 Å². The summed E-state index contributed by atoms with van der Waals surface area (Å²) >= 11 is 0. The van der Waals surface area contributed by atoms with Crippen molar-refractivity contribution in [2.24, 2.45) is 11.1 Å². The van der Waals surface area contributed by atoms with E-state index in [1.165, 1.54) is 12.0 Å². The summed E-state index contributed by atoms with van der Waals surface area (Å²) < 4.78 is 4.60. The van der Waals surface area contributed by atoms with Gasteiger partial charge in [-0.2, -0.15) is 0 Å². The van der Waals surface area contributed by atoms with E-state index in [1.807, 2.05) is 27.7 Å². The normalized spacial score (nSPS) is 11.5. The number of hydrogen-bond acceptors (Lipinski definition) is 4. The second kappa shape index (κ2) is 6.59. The molecule has 100 valence electrons.